The predicted octanol–water partition coefficient (Wildman–Crippen LogP) is 2.46. The molecule has 190 valence electrons. The Balaban J connectivity index is 1.27. The second-order valence-corrected chi connectivity index (χ2v) is 9.55. The number of hydrogen-bond donors (Lipinski definition) is 1. The number of aliphatic hydroxyl groups excluding tert-OH is 1. The number of aryl methyl sites for hydroxylation is 1. The minimum Gasteiger partial charge on any atom is -0.496 e. The molecule has 1 N–H and O–H groups in total. The highest BCUT2D eigenvalue weighted by Crippen LogP contribution is 2.39. The molecule has 1 aromatic carbocycles. The summed E-state index contributed by atoms with van der Waals surface area (Å²) in [6.07, 6.45) is 5.44. The van der Waals surface area contributed by atoms with E-state index in [1.807, 2.05) is 37.3 Å². The Labute approximate surface area is 214 Å². The van der Waals surface area contributed by atoms with Gasteiger partial charge in [0.2, 0.25) is 11.9 Å². The molecule has 37 heavy (non-hydrogen) atoms. The molecule has 0 unspecified atom stereocenters. The Kier molecular flexibility index (Phi) is 5.96. The Hall–Kier alpha value is -4.05. The van der Waals surface area contributed by atoms with Gasteiger partial charge in [0.05, 0.1) is 18.8 Å². The highest BCUT2D eigenvalue weighted by atomic mass is 16.5. The molecule has 0 radical (unpaired) electrons. The van der Waals surface area contributed by atoms with Gasteiger partial charge in [-0.25, -0.2) is 19.9 Å². The zero-order valence-corrected chi connectivity index (χ0v) is 20.9. The predicted molar refractivity (Wildman–Crippen MR) is 138 cm³/mol. The summed E-state index contributed by atoms with van der Waals surface area (Å²) in [5, 5.41) is 9.18. The van der Waals surface area contributed by atoms with Crippen molar-refractivity contribution in [3.63, 3.8) is 0 Å². The second-order valence-electron chi connectivity index (χ2n) is 9.55. The lowest BCUT2D eigenvalue weighted by atomic mass is 10.0. The molecule has 2 aliphatic rings. The molecule has 1 fully saturated rings. The van der Waals surface area contributed by atoms with E-state index in [-0.39, 0.29) is 18.0 Å². The number of nitrogens with zero attached hydrogens (tertiary/aromatic N) is 7. The maximum atomic E-state index is 11.9. The van der Waals surface area contributed by atoms with Gasteiger partial charge in [-0.1, -0.05) is 18.2 Å². The van der Waals surface area contributed by atoms with Crippen LogP contribution in [0.15, 0.2) is 48.8 Å². The summed E-state index contributed by atoms with van der Waals surface area (Å²) < 4.78 is 7.88. The largest absolute Gasteiger partial charge is 0.496 e. The molecule has 0 aliphatic carbocycles. The molecule has 4 aromatic rings. The van der Waals surface area contributed by atoms with Crippen molar-refractivity contribution in [1.82, 2.24) is 29.4 Å². The first kappa shape index (κ1) is 23.4. The van der Waals surface area contributed by atoms with Gasteiger partial charge >= 0.3 is 0 Å². The van der Waals surface area contributed by atoms with E-state index < -0.39 is 6.61 Å². The van der Waals surface area contributed by atoms with Gasteiger partial charge in [0.1, 0.15) is 23.7 Å². The normalized spacial score (nSPS) is 19.3. The fourth-order valence-electron chi connectivity index (χ4n) is 5.53. The molecule has 3 aromatic heterocycles. The molecule has 10 nitrogen and oxygen atoms in total. The average molecular weight is 500 g/mol. The smallest absolute Gasteiger partial charge is 0.248 e. The topological polar surface area (TPSA) is 110 Å². The molecular weight excluding hydrogens is 470 g/mol. The number of rotatable bonds is 5. The molecular formula is C27H29N7O3. The second kappa shape index (κ2) is 9.44. The van der Waals surface area contributed by atoms with Crippen LogP contribution in [-0.4, -0.2) is 79.8 Å². The molecule has 0 spiro atoms. The van der Waals surface area contributed by atoms with E-state index in [1.54, 1.807) is 24.4 Å². The third-order valence-electron chi connectivity index (χ3n) is 7.36. The van der Waals surface area contributed by atoms with E-state index in [9.17, 15) is 9.90 Å². The van der Waals surface area contributed by atoms with Gasteiger partial charge in [0.15, 0.2) is 5.65 Å². The van der Waals surface area contributed by atoms with Crippen LogP contribution in [-0.2, 0) is 11.2 Å². The van der Waals surface area contributed by atoms with Gasteiger partial charge < -0.3 is 24.2 Å². The number of carbonyl (C=O) groups is 1. The molecule has 2 atom stereocenters. The lowest BCUT2D eigenvalue weighted by Gasteiger charge is -2.39. The molecule has 0 saturated carbocycles. The number of piperazine rings is 1. The minimum absolute atomic E-state index is 0.0269. The van der Waals surface area contributed by atoms with Crippen LogP contribution in [0.5, 0.6) is 5.75 Å². The highest BCUT2D eigenvalue weighted by molar-refractivity contribution is 5.78. The Morgan fingerprint density at radius 1 is 1.11 bits per heavy atom. The van der Waals surface area contributed by atoms with E-state index >= 15 is 0 Å². The number of anilines is 1. The zero-order chi connectivity index (χ0) is 25.5. The quantitative estimate of drug-likeness (QED) is 0.446. The van der Waals surface area contributed by atoms with Crippen molar-refractivity contribution in [2.75, 3.05) is 38.3 Å². The summed E-state index contributed by atoms with van der Waals surface area (Å²) in [5.41, 5.74) is 4.48. The molecule has 5 heterocycles. The SMILES string of the molecule is COc1ccccc1[C@H]1CCc2nc3ccc(-c4cnc(N5CCN(C(=O)CO)[C@H](C)C5)nc4)nc3n21. The molecule has 2 aliphatic heterocycles. The summed E-state index contributed by atoms with van der Waals surface area (Å²) in [5.74, 6) is 2.28. The molecule has 10 heteroatoms. The Bertz CT molecular complexity index is 1450. The summed E-state index contributed by atoms with van der Waals surface area (Å²) in [7, 11) is 1.70. The maximum absolute atomic E-state index is 11.9. The third kappa shape index (κ3) is 4.07. The highest BCUT2D eigenvalue weighted by Gasteiger charge is 2.30. The number of methoxy groups -OCH3 is 1. The third-order valence-corrected chi connectivity index (χ3v) is 7.36. The number of benzene rings is 1. The summed E-state index contributed by atoms with van der Waals surface area (Å²) in [6.45, 7) is 3.26. The first-order valence-electron chi connectivity index (χ1n) is 12.6. The average Bonchev–Trinajstić information content (AvgIpc) is 3.52. The number of amides is 1. The van der Waals surface area contributed by atoms with E-state index in [1.165, 1.54) is 0 Å². The summed E-state index contributed by atoms with van der Waals surface area (Å²) in [4.78, 5) is 34.7. The van der Waals surface area contributed by atoms with Crippen LogP contribution in [0.4, 0.5) is 5.95 Å². The van der Waals surface area contributed by atoms with Crippen molar-refractivity contribution >= 4 is 23.0 Å². The van der Waals surface area contributed by atoms with Crippen LogP contribution >= 0.6 is 0 Å². The number of aromatic nitrogens is 5. The summed E-state index contributed by atoms with van der Waals surface area (Å²) >= 11 is 0. The minimum atomic E-state index is -0.465. The number of aliphatic hydroxyl groups is 1. The lowest BCUT2D eigenvalue weighted by molar-refractivity contribution is -0.136. The lowest BCUT2D eigenvalue weighted by Crippen LogP contribution is -2.55. The zero-order valence-electron chi connectivity index (χ0n) is 20.9. The van der Waals surface area contributed by atoms with E-state index in [4.69, 9.17) is 14.7 Å². The standard InChI is InChI=1S/C27H29N7O3/c1-17-15-32(11-12-33(17)25(36)16-35)27-28-13-18(14-29-27)20-7-8-21-26(31-20)34-22(9-10-24(34)30-21)19-5-3-4-6-23(19)37-2/h3-8,13-14,17,22,35H,9-12,15-16H2,1-2H3/t17-,22-/m1/s1. The number of hydrogen-bond acceptors (Lipinski definition) is 8. The number of ether oxygens (including phenoxy) is 1. The molecule has 1 amide bonds. The van der Waals surface area contributed by atoms with Crippen molar-refractivity contribution in [2.45, 2.75) is 31.8 Å². The number of pyridine rings is 1. The number of carbonyl (C=O) groups excluding carboxylic acids is 1. The first-order valence-corrected chi connectivity index (χ1v) is 12.6. The van der Waals surface area contributed by atoms with Gasteiger partial charge in [0, 0.05) is 55.6 Å². The fourth-order valence-corrected chi connectivity index (χ4v) is 5.53. The summed E-state index contributed by atoms with van der Waals surface area (Å²) in [6, 6.07) is 12.2. The maximum Gasteiger partial charge on any atom is 0.248 e. The first-order chi connectivity index (χ1) is 18.1. The number of fused-ring (bicyclic) bond motifs is 3. The van der Waals surface area contributed by atoms with Crippen molar-refractivity contribution in [3.05, 3.63) is 60.2 Å². The van der Waals surface area contributed by atoms with Crippen LogP contribution in [0.1, 0.15) is 30.8 Å². The van der Waals surface area contributed by atoms with Crippen LogP contribution in [0.2, 0.25) is 0 Å². The van der Waals surface area contributed by atoms with Gasteiger partial charge in [-0.15, -0.1) is 0 Å². The number of imidazole rings is 1. The van der Waals surface area contributed by atoms with E-state index in [2.05, 4.69) is 25.5 Å². The van der Waals surface area contributed by atoms with Crippen LogP contribution in [0.25, 0.3) is 22.4 Å². The monoisotopic (exact) mass is 499 g/mol. The van der Waals surface area contributed by atoms with E-state index in [0.29, 0.717) is 25.6 Å². The molecule has 0 bridgehead atoms. The van der Waals surface area contributed by atoms with Crippen molar-refractivity contribution < 1.29 is 14.6 Å². The Morgan fingerprint density at radius 3 is 2.68 bits per heavy atom. The number of para-hydroxylation sites is 1. The van der Waals surface area contributed by atoms with Crippen molar-refractivity contribution in [3.8, 4) is 17.0 Å². The van der Waals surface area contributed by atoms with E-state index in [0.717, 1.165) is 52.4 Å². The van der Waals surface area contributed by atoms with Crippen molar-refractivity contribution in [2.24, 2.45) is 0 Å². The molecule has 1 saturated heterocycles. The molecule has 6 rings (SSSR count). The van der Waals surface area contributed by atoms with Gasteiger partial charge in [-0.2, -0.15) is 0 Å². The van der Waals surface area contributed by atoms with Crippen LogP contribution < -0.4 is 9.64 Å². The van der Waals surface area contributed by atoms with Gasteiger partial charge in [0.25, 0.3) is 0 Å². The van der Waals surface area contributed by atoms with Gasteiger partial charge in [-0.05, 0) is 31.5 Å². The Morgan fingerprint density at radius 2 is 1.92 bits per heavy atom. The fraction of sp³-hybridized carbons (Fsp3) is 0.370. The van der Waals surface area contributed by atoms with Crippen molar-refractivity contribution in [1.29, 1.82) is 0 Å². The van der Waals surface area contributed by atoms with Crippen LogP contribution in [0, 0.1) is 0 Å². The van der Waals surface area contributed by atoms with Crippen LogP contribution in [0.3, 0.4) is 0 Å². The van der Waals surface area contributed by atoms with Gasteiger partial charge in [-0.3, -0.25) is 4.79 Å².